The highest BCUT2D eigenvalue weighted by Crippen LogP contribution is 2.40. The van der Waals surface area contributed by atoms with Gasteiger partial charge in [0.25, 0.3) is 15.9 Å². The third-order valence-corrected chi connectivity index (χ3v) is 9.18. The molecule has 214 valence electrons. The summed E-state index contributed by atoms with van der Waals surface area (Å²) in [6.45, 7) is 14.2. The van der Waals surface area contributed by atoms with Crippen molar-refractivity contribution in [2.24, 2.45) is 0 Å². The van der Waals surface area contributed by atoms with Crippen LogP contribution in [0.25, 0.3) is 0 Å². The number of fused-ring (bicyclic) bond motifs is 1. The Kier molecular flexibility index (Phi) is 8.22. The molecule has 0 unspecified atom stereocenters. The molecule has 1 N–H and O–H groups in total. The van der Waals surface area contributed by atoms with E-state index in [9.17, 15) is 13.2 Å². The largest absolute Gasteiger partial charge is 0.496 e. The minimum absolute atomic E-state index is 0.144. The summed E-state index contributed by atoms with van der Waals surface area (Å²) in [4.78, 5) is 13.8. The Hall–Kier alpha value is -3.52. The van der Waals surface area contributed by atoms with E-state index in [1.807, 2.05) is 32.0 Å². The molecule has 7 nitrogen and oxygen atoms in total. The van der Waals surface area contributed by atoms with E-state index in [2.05, 4.69) is 46.0 Å². The molecule has 0 spiro atoms. The van der Waals surface area contributed by atoms with Crippen molar-refractivity contribution in [1.29, 1.82) is 0 Å². The number of ether oxygens (including phenoxy) is 2. The zero-order chi connectivity index (χ0) is 29.4. The first-order valence-electron chi connectivity index (χ1n) is 13.6. The first-order valence-corrected chi connectivity index (χ1v) is 15.1. The Labute approximate surface area is 238 Å². The average Bonchev–Trinajstić information content (AvgIpc) is 2.91. The first kappa shape index (κ1) is 29.5. The van der Waals surface area contributed by atoms with Crippen molar-refractivity contribution in [3.8, 4) is 11.5 Å². The topological polar surface area (TPSA) is 84.9 Å². The first-order chi connectivity index (χ1) is 18.7. The van der Waals surface area contributed by atoms with Gasteiger partial charge in [0, 0.05) is 0 Å². The second-order valence-corrected chi connectivity index (χ2v) is 13.6. The molecule has 1 aliphatic rings. The van der Waals surface area contributed by atoms with Crippen molar-refractivity contribution in [2.75, 3.05) is 18.0 Å². The molecule has 3 aromatic carbocycles. The number of nitrogens with zero attached hydrogens (tertiary/aromatic N) is 1. The fourth-order valence-corrected chi connectivity index (χ4v) is 6.48. The smallest absolute Gasteiger partial charge is 0.264 e. The molecule has 0 saturated carbocycles. The molecule has 0 aliphatic carbocycles. The highest BCUT2D eigenvalue weighted by Gasteiger charge is 2.38. The number of anilines is 1. The van der Waals surface area contributed by atoms with E-state index in [4.69, 9.17) is 9.47 Å². The minimum Gasteiger partial charge on any atom is -0.496 e. The molecule has 0 aromatic heterocycles. The third-order valence-electron chi connectivity index (χ3n) is 7.38. The highest BCUT2D eigenvalue weighted by molar-refractivity contribution is 7.92. The van der Waals surface area contributed by atoms with Crippen LogP contribution in [0.2, 0.25) is 0 Å². The monoisotopic (exact) mass is 564 g/mol. The number of methoxy groups -OCH3 is 1. The van der Waals surface area contributed by atoms with E-state index in [1.54, 1.807) is 43.5 Å². The van der Waals surface area contributed by atoms with Gasteiger partial charge < -0.3 is 14.8 Å². The van der Waals surface area contributed by atoms with Crippen LogP contribution < -0.4 is 19.1 Å². The normalized spacial score (nSPS) is 16.2. The third kappa shape index (κ3) is 5.82. The van der Waals surface area contributed by atoms with Crippen molar-refractivity contribution in [3.05, 3.63) is 82.9 Å². The van der Waals surface area contributed by atoms with Crippen LogP contribution in [0.4, 0.5) is 5.69 Å². The van der Waals surface area contributed by atoms with Crippen LogP contribution in [0.5, 0.6) is 11.5 Å². The second kappa shape index (κ2) is 11.2. The summed E-state index contributed by atoms with van der Waals surface area (Å²) in [5.41, 5.74) is 4.22. The number of amides is 1. The van der Waals surface area contributed by atoms with Gasteiger partial charge in [0.1, 0.15) is 11.5 Å². The molecule has 0 radical (unpaired) electrons. The number of carbonyl (C=O) groups excluding carboxylic acids is 1. The number of carbonyl (C=O) groups is 1. The van der Waals surface area contributed by atoms with Crippen molar-refractivity contribution >= 4 is 21.6 Å². The van der Waals surface area contributed by atoms with E-state index >= 15 is 0 Å². The molecule has 8 heteroatoms. The summed E-state index contributed by atoms with van der Waals surface area (Å²) in [6.07, 6.45) is -1.03. The van der Waals surface area contributed by atoms with E-state index in [1.165, 1.54) is 4.31 Å². The Balaban J connectivity index is 1.68. The van der Waals surface area contributed by atoms with Crippen molar-refractivity contribution < 1.29 is 22.7 Å². The number of hydrogen-bond donors (Lipinski definition) is 1. The summed E-state index contributed by atoms with van der Waals surface area (Å²) in [6, 6.07) is 17.5. The quantitative estimate of drug-likeness (QED) is 0.366. The predicted molar refractivity (Wildman–Crippen MR) is 159 cm³/mol. The molecular weight excluding hydrogens is 524 g/mol. The molecule has 0 fully saturated rings. The SMILES string of the molecule is COc1cc(C)c([C@H](C)NC(=O)[C@@H]2CN(S(=O)(=O)c3ccccc3)c3cc(C(C)(C)C)ccc3O2)cc1C(C)C. The van der Waals surface area contributed by atoms with Gasteiger partial charge in [-0.15, -0.1) is 0 Å². The zero-order valence-corrected chi connectivity index (χ0v) is 25.4. The van der Waals surface area contributed by atoms with Crippen LogP contribution in [0.3, 0.4) is 0 Å². The summed E-state index contributed by atoms with van der Waals surface area (Å²) >= 11 is 0. The lowest BCUT2D eigenvalue weighted by molar-refractivity contribution is -0.128. The van der Waals surface area contributed by atoms with Crippen molar-refractivity contribution in [1.82, 2.24) is 5.32 Å². The van der Waals surface area contributed by atoms with Crippen LogP contribution >= 0.6 is 0 Å². The van der Waals surface area contributed by atoms with Crippen LogP contribution in [0.15, 0.2) is 65.6 Å². The van der Waals surface area contributed by atoms with E-state index in [-0.39, 0.29) is 34.7 Å². The van der Waals surface area contributed by atoms with Gasteiger partial charge >= 0.3 is 0 Å². The van der Waals surface area contributed by atoms with Crippen molar-refractivity contribution in [2.45, 2.75) is 76.8 Å². The van der Waals surface area contributed by atoms with Gasteiger partial charge in [-0.05, 0) is 83.8 Å². The molecule has 1 heterocycles. The second-order valence-electron chi connectivity index (χ2n) is 11.7. The Morgan fingerprint density at radius 1 is 1.02 bits per heavy atom. The average molecular weight is 565 g/mol. The maximum atomic E-state index is 13.9. The number of nitrogens with one attached hydrogen (secondary N) is 1. The maximum Gasteiger partial charge on any atom is 0.264 e. The fourth-order valence-electron chi connectivity index (χ4n) is 5.00. The highest BCUT2D eigenvalue weighted by atomic mass is 32.2. The Bertz CT molecular complexity index is 1490. The molecule has 1 aliphatic heterocycles. The Morgan fingerprint density at radius 3 is 2.30 bits per heavy atom. The molecule has 4 rings (SSSR count). The van der Waals surface area contributed by atoms with Gasteiger partial charge in [-0.2, -0.15) is 0 Å². The zero-order valence-electron chi connectivity index (χ0n) is 24.6. The summed E-state index contributed by atoms with van der Waals surface area (Å²) < 4.78 is 40.7. The van der Waals surface area contributed by atoms with Crippen LogP contribution in [0.1, 0.15) is 75.8 Å². The lowest BCUT2D eigenvalue weighted by atomic mass is 9.86. The maximum absolute atomic E-state index is 13.9. The van der Waals surface area contributed by atoms with Gasteiger partial charge in [-0.1, -0.05) is 58.9 Å². The number of sulfonamides is 1. The standard InChI is InChI=1S/C32H40N2O5S/c1-20(2)25-18-26(21(3)16-29(25)38-8)22(4)33-31(35)30-19-34(40(36,37)24-12-10-9-11-13-24)27-17-23(32(5,6)7)14-15-28(27)39-30/h9-18,20,22,30H,19H2,1-8H3,(H,33,35)/t22-,30-/m0/s1. The molecule has 0 saturated heterocycles. The fraction of sp³-hybridized carbons (Fsp3) is 0.406. The Morgan fingerprint density at radius 2 is 1.70 bits per heavy atom. The van der Waals surface area contributed by atoms with Crippen LogP contribution in [0, 0.1) is 6.92 Å². The number of rotatable bonds is 7. The summed E-state index contributed by atoms with van der Waals surface area (Å²) in [5.74, 6) is 1.03. The minimum atomic E-state index is -3.95. The van der Waals surface area contributed by atoms with Gasteiger partial charge in [0.2, 0.25) is 0 Å². The number of hydrogen-bond acceptors (Lipinski definition) is 5. The van der Waals surface area contributed by atoms with Gasteiger partial charge in [0.15, 0.2) is 6.10 Å². The van der Waals surface area contributed by atoms with Gasteiger partial charge in [0.05, 0.1) is 30.3 Å². The van der Waals surface area contributed by atoms with E-state index < -0.39 is 16.1 Å². The van der Waals surface area contributed by atoms with Crippen LogP contribution in [-0.4, -0.2) is 34.1 Å². The molecule has 2 atom stereocenters. The molecule has 3 aromatic rings. The molecule has 1 amide bonds. The summed E-state index contributed by atoms with van der Waals surface area (Å²) in [5, 5.41) is 3.06. The number of aryl methyl sites for hydroxylation is 1. The predicted octanol–water partition coefficient (Wildman–Crippen LogP) is 6.26. The molecule has 40 heavy (non-hydrogen) atoms. The lowest BCUT2D eigenvalue weighted by Crippen LogP contribution is -2.51. The number of benzene rings is 3. The van der Waals surface area contributed by atoms with Gasteiger partial charge in [-0.25, -0.2) is 8.42 Å². The van der Waals surface area contributed by atoms with E-state index in [0.717, 1.165) is 28.0 Å². The molecule has 0 bridgehead atoms. The molecular formula is C32H40N2O5S. The van der Waals surface area contributed by atoms with Crippen molar-refractivity contribution in [3.63, 3.8) is 0 Å². The summed E-state index contributed by atoms with van der Waals surface area (Å²) in [7, 11) is -2.30. The van der Waals surface area contributed by atoms with Gasteiger partial charge in [-0.3, -0.25) is 9.10 Å². The van der Waals surface area contributed by atoms with E-state index in [0.29, 0.717) is 11.4 Å². The van der Waals surface area contributed by atoms with Crippen LogP contribution in [-0.2, 0) is 20.2 Å². The lowest BCUT2D eigenvalue weighted by Gasteiger charge is -2.36.